The number of urea groups is 1. The van der Waals surface area contributed by atoms with E-state index in [2.05, 4.69) is 32.3 Å². The maximum atomic E-state index is 14.1. The van der Waals surface area contributed by atoms with Crippen LogP contribution in [0.2, 0.25) is 0 Å². The molecule has 0 spiro atoms. The van der Waals surface area contributed by atoms with Gasteiger partial charge in [0.25, 0.3) is 17.7 Å². The Kier molecular flexibility index (Phi) is 16.3. The van der Waals surface area contributed by atoms with Crippen molar-refractivity contribution in [1.29, 1.82) is 5.26 Å². The molecule has 2 aliphatic heterocycles. The van der Waals surface area contributed by atoms with Crippen LogP contribution in [0.3, 0.4) is 0 Å². The highest BCUT2D eigenvalue weighted by Gasteiger charge is 2.46. The molecule has 1 unspecified atom stereocenters. The van der Waals surface area contributed by atoms with Crippen molar-refractivity contribution in [2.45, 2.75) is 76.0 Å². The molecule has 3 aliphatic rings. The topological polar surface area (TPSA) is 243 Å². The fourth-order valence-corrected chi connectivity index (χ4v) is 8.95. The average molecular weight is 978 g/mol. The van der Waals surface area contributed by atoms with Crippen molar-refractivity contribution in [2.24, 2.45) is 7.05 Å². The third kappa shape index (κ3) is 12.3. The second-order valence-electron chi connectivity index (χ2n) is 17.7. The Labute approximate surface area is 415 Å². The molecule has 0 radical (unpaired) electrons. The molecule has 1 aliphatic carbocycles. The zero-order valence-electron chi connectivity index (χ0n) is 39.8. The summed E-state index contributed by atoms with van der Waals surface area (Å²) in [7, 11) is 1.71. The van der Waals surface area contributed by atoms with Gasteiger partial charge >= 0.3 is 6.03 Å². The number of carbonyl (C=O) groups is 6. The first-order valence-electron chi connectivity index (χ1n) is 24.0. The number of aryl methyl sites for hydroxylation is 1. The lowest BCUT2D eigenvalue weighted by atomic mass is 9.89. The van der Waals surface area contributed by atoms with Crippen molar-refractivity contribution in [3.05, 3.63) is 136 Å². The molecule has 5 aromatic rings. The maximum Gasteiger partial charge on any atom is 0.322 e. The van der Waals surface area contributed by atoms with E-state index in [0.29, 0.717) is 62.9 Å². The van der Waals surface area contributed by atoms with E-state index < -0.39 is 42.2 Å². The summed E-state index contributed by atoms with van der Waals surface area (Å²) in [6, 6.07) is 27.5. The lowest BCUT2D eigenvalue weighted by molar-refractivity contribution is -0.136. The van der Waals surface area contributed by atoms with Crippen LogP contribution in [-0.4, -0.2) is 101 Å². The normalized spacial score (nSPS) is 17.3. The maximum absolute atomic E-state index is 14.1. The number of carbonyl (C=O) groups excluding carboxylic acids is 6. The van der Waals surface area contributed by atoms with Gasteiger partial charge in [0.15, 0.2) is 6.61 Å². The highest BCUT2D eigenvalue weighted by molar-refractivity contribution is 6.24. The smallest absolute Gasteiger partial charge is 0.322 e. The number of nitriles is 1. The van der Waals surface area contributed by atoms with Gasteiger partial charge in [-0.25, -0.2) is 9.78 Å². The van der Waals surface area contributed by atoms with E-state index in [9.17, 15) is 33.6 Å². The SMILES string of the molecule is Cn1cc(-c2ccc(N(C(=O)NCc3ccc(OCCOCCCCNC(=O)COc4cccc5c4C(=O)N(C4CCC(=O)NC4=O)C5=O)cc3)C3CCC(Nc4ccc(C#N)cn4)CC3)cc2)ccc1=O. The Balaban J connectivity index is 0.738. The van der Waals surface area contributed by atoms with Crippen molar-refractivity contribution >= 4 is 47.1 Å². The summed E-state index contributed by atoms with van der Waals surface area (Å²) in [4.78, 5) is 96.0. The fourth-order valence-electron chi connectivity index (χ4n) is 8.95. The van der Waals surface area contributed by atoms with Crippen LogP contribution in [0.25, 0.3) is 11.1 Å². The number of piperidine rings is 1. The molecule has 4 heterocycles. The van der Waals surface area contributed by atoms with Gasteiger partial charge in [-0.1, -0.05) is 30.3 Å². The number of benzene rings is 3. The summed E-state index contributed by atoms with van der Waals surface area (Å²) in [5.41, 5.74) is 3.93. The number of nitrogens with zero attached hydrogens (tertiary/aromatic N) is 5. The molecule has 19 heteroatoms. The number of anilines is 2. The molecule has 1 saturated carbocycles. The van der Waals surface area contributed by atoms with Crippen LogP contribution in [0.1, 0.15) is 83.2 Å². The van der Waals surface area contributed by atoms with Gasteiger partial charge in [-0.3, -0.25) is 43.9 Å². The van der Waals surface area contributed by atoms with Gasteiger partial charge in [0, 0.05) is 69.4 Å². The van der Waals surface area contributed by atoms with Crippen molar-refractivity contribution in [2.75, 3.05) is 43.2 Å². The molecule has 0 bridgehead atoms. The standard InChI is InChI=1S/C53H55N9O10/c1-60-32-37(12-24-48(60)65)36-10-15-39(16-11-36)61(40-17-13-38(14-18-40)58-45-22-9-35(29-54)31-56-45)53(69)57-30-34-7-19-41(20-8-34)71-28-27-70-26-3-2-25-55-47(64)33-72-44-6-4-5-42-49(44)52(68)62(51(42)67)43-21-23-46(63)59-50(43)66/h4-12,15-16,19-20,22,24,31-32,38,40,43H,2-3,13-14,17-18,21,23,25-28,30,33H2,1H3,(H,55,64)(H,56,58)(H,57,69)(H,59,63,66). The Morgan fingerprint density at radius 1 is 0.819 bits per heavy atom. The van der Waals surface area contributed by atoms with Gasteiger partial charge in [-0.15, -0.1) is 0 Å². The van der Waals surface area contributed by atoms with Crippen molar-refractivity contribution < 1.29 is 43.0 Å². The largest absolute Gasteiger partial charge is 0.491 e. The summed E-state index contributed by atoms with van der Waals surface area (Å²) in [6.45, 7) is 1.41. The van der Waals surface area contributed by atoms with E-state index in [1.54, 1.807) is 31.6 Å². The lowest BCUT2D eigenvalue weighted by Gasteiger charge is -2.37. The Bertz CT molecular complexity index is 2890. The molecule has 4 N–H and O–H groups in total. The number of hydrogen-bond donors (Lipinski definition) is 4. The predicted molar refractivity (Wildman–Crippen MR) is 264 cm³/mol. The quantitative estimate of drug-likeness (QED) is 0.0578. The first kappa shape index (κ1) is 50.0. The Morgan fingerprint density at radius 3 is 2.32 bits per heavy atom. The number of unbranched alkanes of at least 4 members (excludes halogenated alkanes) is 1. The van der Waals surface area contributed by atoms with Crippen molar-refractivity contribution in [3.63, 3.8) is 0 Å². The van der Waals surface area contributed by atoms with E-state index in [1.165, 1.54) is 28.8 Å². The first-order chi connectivity index (χ1) is 34.9. The Hall–Kier alpha value is -8.37. The summed E-state index contributed by atoms with van der Waals surface area (Å²) in [6.07, 6.45) is 7.87. The molecular weight excluding hydrogens is 923 g/mol. The van der Waals surface area contributed by atoms with Crippen LogP contribution in [0, 0.1) is 11.3 Å². The van der Waals surface area contributed by atoms with Crippen LogP contribution >= 0.6 is 0 Å². The minimum Gasteiger partial charge on any atom is -0.491 e. The third-order valence-electron chi connectivity index (χ3n) is 12.8. The highest BCUT2D eigenvalue weighted by atomic mass is 16.5. The number of amides is 7. The van der Waals surface area contributed by atoms with Gasteiger partial charge < -0.3 is 34.7 Å². The second kappa shape index (κ2) is 23.5. The fraction of sp³-hybridized carbons (Fsp3) is 0.340. The zero-order chi connectivity index (χ0) is 50.6. The molecule has 8 rings (SSSR count). The Morgan fingerprint density at radius 2 is 1.60 bits per heavy atom. The zero-order valence-corrected chi connectivity index (χ0v) is 39.8. The molecular formula is C53H55N9O10. The molecule has 72 heavy (non-hydrogen) atoms. The summed E-state index contributed by atoms with van der Waals surface area (Å²) in [5.74, 6) is -1.55. The van der Waals surface area contributed by atoms with Crippen LogP contribution in [0.5, 0.6) is 11.5 Å². The van der Waals surface area contributed by atoms with Gasteiger partial charge in [0.1, 0.15) is 36.0 Å². The predicted octanol–water partition coefficient (Wildman–Crippen LogP) is 5.23. The minimum atomic E-state index is -1.11. The first-order valence-corrected chi connectivity index (χ1v) is 24.0. The second-order valence-corrected chi connectivity index (χ2v) is 17.7. The van der Waals surface area contributed by atoms with Crippen LogP contribution in [0.15, 0.2) is 108 Å². The summed E-state index contributed by atoms with van der Waals surface area (Å²) < 4.78 is 18.8. The summed E-state index contributed by atoms with van der Waals surface area (Å²) in [5, 5.41) is 20.7. The van der Waals surface area contributed by atoms with Gasteiger partial charge in [0.05, 0.1) is 23.3 Å². The van der Waals surface area contributed by atoms with E-state index in [-0.39, 0.29) is 53.4 Å². The average Bonchev–Trinajstić information content (AvgIpc) is 3.65. The highest BCUT2D eigenvalue weighted by Crippen LogP contribution is 2.34. The number of imide groups is 2. The van der Waals surface area contributed by atoms with Crippen molar-refractivity contribution in [3.8, 4) is 28.7 Å². The van der Waals surface area contributed by atoms with E-state index in [4.69, 9.17) is 19.5 Å². The number of aromatic nitrogens is 2. The van der Waals surface area contributed by atoms with Gasteiger partial charge in [-0.2, -0.15) is 5.26 Å². The number of hydrogen-bond acceptors (Lipinski definition) is 13. The molecule has 1 atom stereocenters. The number of fused-ring (bicyclic) bond motifs is 1. The number of nitrogens with one attached hydrogen (secondary N) is 4. The third-order valence-corrected chi connectivity index (χ3v) is 12.8. The molecule has 372 valence electrons. The van der Waals surface area contributed by atoms with Gasteiger partial charge in [-0.05, 0) is 116 Å². The molecule has 3 aromatic carbocycles. The van der Waals surface area contributed by atoms with E-state index in [1.807, 2.05) is 59.5 Å². The van der Waals surface area contributed by atoms with Crippen LogP contribution in [-0.2, 0) is 32.7 Å². The molecule has 1 saturated heterocycles. The molecule has 7 amide bonds. The molecule has 19 nitrogen and oxygen atoms in total. The van der Waals surface area contributed by atoms with Crippen LogP contribution in [0.4, 0.5) is 16.3 Å². The number of ether oxygens (including phenoxy) is 3. The van der Waals surface area contributed by atoms with Crippen molar-refractivity contribution in [1.82, 2.24) is 30.4 Å². The monoisotopic (exact) mass is 977 g/mol. The van der Waals surface area contributed by atoms with Gasteiger partial charge in [0.2, 0.25) is 17.4 Å². The number of pyridine rings is 2. The minimum absolute atomic E-state index is 0.00377. The summed E-state index contributed by atoms with van der Waals surface area (Å²) >= 11 is 0. The molecule has 2 aromatic heterocycles. The van der Waals surface area contributed by atoms with E-state index in [0.717, 1.165) is 53.0 Å². The van der Waals surface area contributed by atoms with E-state index >= 15 is 0 Å². The van der Waals surface area contributed by atoms with Crippen LogP contribution < -0.4 is 41.2 Å². The molecule has 2 fully saturated rings. The number of rotatable bonds is 20. The lowest BCUT2D eigenvalue weighted by Crippen LogP contribution is -2.54.